The molecule has 8 N–H and O–H groups in total. The molecule has 8 aromatic rings. The van der Waals surface area contributed by atoms with Crippen molar-refractivity contribution in [2.24, 2.45) is 28.2 Å². The molecule has 2 aliphatic carbocycles. The lowest BCUT2D eigenvalue weighted by molar-refractivity contribution is 0.0739. The quantitative estimate of drug-likeness (QED) is 0.0250. The van der Waals surface area contributed by atoms with Gasteiger partial charge < -0.3 is 40.9 Å². The van der Waals surface area contributed by atoms with E-state index in [1.807, 2.05) is 180 Å². The van der Waals surface area contributed by atoms with E-state index < -0.39 is 79.3 Å². The molecule has 3 aliphatic rings. The molecule has 12 amide bonds. The van der Waals surface area contributed by atoms with Crippen LogP contribution in [0.25, 0.3) is 0 Å². The molecule has 0 bridgehead atoms. The van der Waals surface area contributed by atoms with Crippen LogP contribution in [0.4, 0.5) is 41.9 Å². The highest BCUT2D eigenvalue weighted by molar-refractivity contribution is 7.90. The maximum atomic E-state index is 12.8. The zero-order valence-corrected chi connectivity index (χ0v) is 80.1. The van der Waals surface area contributed by atoms with Gasteiger partial charge in [0.05, 0.1) is 0 Å². The highest BCUT2D eigenvalue weighted by Crippen LogP contribution is 2.40. The van der Waals surface area contributed by atoms with Crippen LogP contribution in [0.3, 0.4) is 0 Å². The van der Waals surface area contributed by atoms with Gasteiger partial charge in [0.2, 0.25) is 0 Å². The topological polar surface area (TPSA) is 454 Å². The number of carbonyl (C=O) groups excluding carboxylic acids is 8. The molecule has 11 rings (SSSR count). The number of aryl methyl sites for hydroxylation is 6. The predicted molar refractivity (Wildman–Crippen MR) is 487 cm³/mol. The Labute approximate surface area is 746 Å². The Kier molecular flexibility index (Phi) is 33.7. The summed E-state index contributed by atoms with van der Waals surface area (Å²) in [6.45, 7) is 35.9. The molecule has 0 saturated carbocycles. The van der Waals surface area contributed by atoms with Gasteiger partial charge in [-0.05, 0) is 177 Å². The number of carbonyl (C=O) groups is 8. The normalized spacial score (nSPS) is 13.1. The lowest BCUT2D eigenvalue weighted by atomic mass is 9.93. The van der Waals surface area contributed by atoms with Gasteiger partial charge in [-0.3, -0.25) is 37.9 Å². The third-order valence-corrected chi connectivity index (χ3v) is 27.0. The van der Waals surface area contributed by atoms with Gasteiger partial charge in [0.25, 0.3) is 63.7 Å². The van der Waals surface area contributed by atoms with Crippen LogP contribution < -0.4 is 40.2 Å². The van der Waals surface area contributed by atoms with Crippen LogP contribution in [-0.2, 0) is 94.0 Å². The first-order valence-electron chi connectivity index (χ1n) is 42.6. The van der Waals surface area contributed by atoms with Crippen molar-refractivity contribution in [3.63, 3.8) is 0 Å². The van der Waals surface area contributed by atoms with Crippen molar-refractivity contribution < 1.29 is 72.0 Å². The largest absolute Gasteiger partial charge is 0.341 e. The molecule has 0 atom stereocenters. The van der Waals surface area contributed by atoms with Crippen molar-refractivity contribution in [3.8, 4) is 0 Å². The summed E-state index contributed by atoms with van der Waals surface area (Å²) < 4.78 is 115. The zero-order chi connectivity index (χ0) is 94.6. The number of hydrogen-bond acceptors (Lipinski definition) is 20. The monoisotopic (exact) mass is 1830 g/mol. The Morgan fingerprint density at radius 2 is 0.638 bits per heavy atom. The lowest BCUT2D eigenvalue weighted by Gasteiger charge is -2.21. The second kappa shape index (κ2) is 42.4. The van der Waals surface area contributed by atoms with Gasteiger partial charge in [-0.2, -0.15) is 54.1 Å². The summed E-state index contributed by atoms with van der Waals surface area (Å²) in [6, 6.07) is 20.6. The molecular formula is C87H124N20O16S4. The van der Waals surface area contributed by atoms with E-state index in [4.69, 9.17) is 0 Å². The smallest absolute Gasteiger partial charge is 0.333 e. The van der Waals surface area contributed by atoms with E-state index in [9.17, 15) is 72.0 Å². The number of rotatable bonds is 26. The second-order valence-corrected chi connectivity index (χ2v) is 40.1. The molecule has 692 valence electrons. The van der Waals surface area contributed by atoms with Gasteiger partial charge >= 0.3 is 24.1 Å². The Bertz CT molecular complexity index is 5620. The minimum atomic E-state index is -4.29. The predicted octanol–water partition coefficient (Wildman–Crippen LogP) is 12.7. The molecule has 1 fully saturated rings. The molecular weight excluding hydrogens is 1710 g/mol. The van der Waals surface area contributed by atoms with E-state index in [1.54, 1.807) is 30.8 Å². The third-order valence-electron chi connectivity index (χ3n) is 22.2. The van der Waals surface area contributed by atoms with Gasteiger partial charge in [0.15, 0.2) is 20.1 Å². The first-order valence-corrected chi connectivity index (χ1v) is 48.5. The molecule has 0 spiro atoms. The van der Waals surface area contributed by atoms with Gasteiger partial charge in [0, 0.05) is 128 Å². The Morgan fingerprint density at radius 1 is 0.362 bits per heavy atom. The van der Waals surface area contributed by atoms with Crippen LogP contribution in [0.1, 0.15) is 276 Å². The van der Waals surface area contributed by atoms with Gasteiger partial charge in [-0.1, -0.05) is 144 Å². The number of hydrogen-bond donors (Lipinski definition) is 8. The fraction of sp³-hybridized carbons (Fsp3) is 0.494. The molecule has 0 unspecified atom stereocenters. The minimum Gasteiger partial charge on any atom is -0.341 e. The van der Waals surface area contributed by atoms with Gasteiger partial charge in [0.1, 0.15) is 22.8 Å². The van der Waals surface area contributed by atoms with E-state index in [2.05, 4.69) is 52.5 Å². The number of likely N-dealkylation sites (tertiary alicyclic amines) is 1. The average Bonchev–Trinajstić information content (AvgIpc) is 1.62. The number of para-hydroxylation sites is 3. The Balaban J connectivity index is 0.000000209. The highest BCUT2D eigenvalue weighted by Gasteiger charge is 2.35. The number of anilines is 4. The Morgan fingerprint density at radius 3 is 0.921 bits per heavy atom. The van der Waals surface area contributed by atoms with E-state index in [-0.39, 0.29) is 93.0 Å². The number of fused-ring (bicyclic) bond motifs is 2. The summed E-state index contributed by atoms with van der Waals surface area (Å²) in [6.07, 6.45) is 7.67. The summed E-state index contributed by atoms with van der Waals surface area (Å²) >= 11 is 0. The molecule has 0 radical (unpaired) electrons. The van der Waals surface area contributed by atoms with E-state index in [1.165, 1.54) is 86.0 Å². The molecule has 5 heterocycles. The fourth-order valence-electron chi connectivity index (χ4n) is 14.9. The first-order chi connectivity index (χ1) is 59.4. The standard InChI is InChI=1S/C22H27N5O4S.2C22H33N5O4S.C21H31N5O4S/c1-26-18(21(28)27-10-2-3-11-27)13-19(24-26)32(30,31)25-22(29)23-20-16-8-4-6-14(16)12-15-7-5-9-17(15)20;1-13(2)16-10-9-11-17(14(3)4)20(16)23-22(29)25-32(30,31)19-12-18(27(8)24-19)21(28)26(7)15(5)6;1-8-27(9-2)21(28)18-13-19(24-26(18)7)32(30,31)25-22(29)23-20-16(14(3)4)11-10-12-17(20)15(5)6;1-8-25(6)20(27)17-12-18(23-26(17)7)31(29,30)24-21(28)22-19-15(13(2)3)10-9-11-16(19)14(4)5/h12-13H,2-11H2,1H3,(H2,23,25,29);9-15H,1-8H3,(H2,23,25,29);10-15H,8-9H2,1-7H3,(H2,23,25,29);9-14H,8H2,1-7H3,(H2,22,24,28). The number of urea groups is 4. The van der Waals surface area contributed by atoms with E-state index in [0.29, 0.717) is 49.8 Å². The van der Waals surface area contributed by atoms with Crippen molar-refractivity contribution in [2.75, 3.05) is 68.1 Å². The summed E-state index contributed by atoms with van der Waals surface area (Å²) in [4.78, 5) is 107. The number of nitrogens with zero attached hydrogens (tertiary/aromatic N) is 12. The van der Waals surface area contributed by atoms with Gasteiger partial charge in [-0.15, -0.1) is 0 Å². The van der Waals surface area contributed by atoms with Gasteiger partial charge in [-0.25, -0.2) is 38.1 Å². The molecule has 127 heavy (non-hydrogen) atoms. The van der Waals surface area contributed by atoms with Crippen LogP contribution >= 0.6 is 0 Å². The number of sulfonamides is 4. The van der Waals surface area contributed by atoms with E-state index >= 15 is 0 Å². The van der Waals surface area contributed by atoms with Crippen molar-refractivity contribution >= 4 is 111 Å². The van der Waals surface area contributed by atoms with Crippen molar-refractivity contribution in [2.45, 2.75) is 231 Å². The zero-order valence-electron chi connectivity index (χ0n) is 76.8. The van der Waals surface area contributed by atoms with Crippen molar-refractivity contribution in [1.29, 1.82) is 0 Å². The molecule has 36 nitrogen and oxygen atoms in total. The maximum Gasteiger partial charge on any atom is 0.333 e. The summed E-state index contributed by atoms with van der Waals surface area (Å²) in [5.41, 5.74) is 13.3. The summed E-state index contributed by atoms with van der Waals surface area (Å²) in [5.74, 6) is -0.539. The molecule has 1 aliphatic heterocycles. The number of amides is 12. The molecule has 1 saturated heterocycles. The third kappa shape index (κ3) is 24.4. The number of aromatic nitrogens is 8. The van der Waals surface area contributed by atoms with Crippen LogP contribution in [-0.4, -0.2) is 193 Å². The molecule has 4 aromatic carbocycles. The minimum absolute atomic E-state index is 0.0717. The number of benzene rings is 4. The van der Waals surface area contributed by atoms with Crippen LogP contribution in [0.15, 0.2) is 105 Å². The van der Waals surface area contributed by atoms with Crippen molar-refractivity contribution in [1.82, 2.24) is 77.6 Å². The SMILES string of the molecule is CC(C)c1cccc(C(C)C)c1NC(=O)NS(=O)(=O)c1cc(C(=O)N(C)C(C)C)n(C)n1.CCN(C)C(=O)c1cc(S(=O)(=O)NC(=O)Nc2c(C(C)C)cccc2C(C)C)nn1C.CCN(CC)C(=O)c1cc(S(=O)(=O)NC(=O)Nc2c(C(C)C)cccc2C(C)C)nn1C.Cn1nc(S(=O)(=O)NC(=O)Nc2c3c(cc4c2CCC4)CCC3)cc1C(=O)N1CCCC1. The average molecular weight is 1830 g/mol. The van der Waals surface area contributed by atoms with Crippen LogP contribution in [0.2, 0.25) is 0 Å². The number of nitrogens with one attached hydrogen (secondary N) is 8. The molecule has 4 aromatic heterocycles. The summed E-state index contributed by atoms with van der Waals surface area (Å²) in [5, 5.41) is 25.2. The van der Waals surface area contributed by atoms with Crippen LogP contribution in [0, 0.1) is 0 Å². The fourth-order valence-corrected chi connectivity index (χ4v) is 18.5. The maximum absolute atomic E-state index is 12.8. The lowest BCUT2D eigenvalue weighted by Crippen LogP contribution is -2.35. The van der Waals surface area contributed by atoms with Crippen LogP contribution in [0.5, 0.6) is 0 Å². The first kappa shape index (κ1) is 101. The second-order valence-electron chi connectivity index (χ2n) is 33.6. The van der Waals surface area contributed by atoms with Crippen molar-refractivity contribution in [3.05, 3.63) is 163 Å². The molecule has 40 heteroatoms. The summed E-state index contributed by atoms with van der Waals surface area (Å²) in [7, 11) is -7.88. The highest BCUT2D eigenvalue weighted by atomic mass is 32.2. The Hall–Kier alpha value is -11.5. The van der Waals surface area contributed by atoms with E-state index in [0.717, 1.165) is 108 Å².